The van der Waals surface area contributed by atoms with Crippen LogP contribution in [0, 0.1) is 0 Å². The Morgan fingerprint density at radius 3 is 2.17 bits per heavy atom. The Kier molecular flexibility index (Phi) is 9.28. The van der Waals surface area contributed by atoms with Crippen molar-refractivity contribution in [2.24, 2.45) is 0 Å². The zero-order chi connectivity index (χ0) is 14.0. The van der Waals surface area contributed by atoms with Gasteiger partial charge in [0.15, 0.2) is 0 Å². The van der Waals surface area contributed by atoms with Gasteiger partial charge in [0.1, 0.15) is 0 Å². The van der Waals surface area contributed by atoms with E-state index < -0.39 is 8.80 Å². The summed E-state index contributed by atoms with van der Waals surface area (Å²) in [7, 11) is -2.53. The molecule has 0 fully saturated rings. The van der Waals surface area contributed by atoms with Gasteiger partial charge in [0.2, 0.25) is 0 Å². The molecule has 0 spiro atoms. The summed E-state index contributed by atoms with van der Waals surface area (Å²) in [5, 5.41) is 0. The fourth-order valence-corrected chi connectivity index (χ4v) is 4.59. The Morgan fingerprint density at radius 2 is 1.78 bits per heavy atom. The highest BCUT2D eigenvalue weighted by Gasteiger charge is 2.41. The smallest absolute Gasteiger partial charge is 0.374 e. The molecule has 0 bridgehead atoms. The average Bonchev–Trinajstić information content (AvgIpc) is 2.30. The first-order chi connectivity index (χ1) is 8.55. The maximum absolute atomic E-state index is 6.15. The van der Waals surface area contributed by atoms with E-state index in [0.717, 1.165) is 18.0 Å². The first-order valence-electron chi connectivity index (χ1n) is 6.80. The van der Waals surface area contributed by atoms with Gasteiger partial charge in [-0.1, -0.05) is 32.1 Å². The van der Waals surface area contributed by atoms with Crippen molar-refractivity contribution in [3.8, 4) is 0 Å². The van der Waals surface area contributed by atoms with E-state index in [-0.39, 0.29) is 6.10 Å². The van der Waals surface area contributed by atoms with Crippen LogP contribution in [0.2, 0.25) is 6.04 Å². The zero-order valence-electron chi connectivity index (χ0n) is 12.5. The van der Waals surface area contributed by atoms with Crippen molar-refractivity contribution in [2.75, 3.05) is 13.2 Å². The maximum Gasteiger partial charge on any atom is 0.501 e. The molecule has 0 aliphatic carbocycles. The van der Waals surface area contributed by atoms with Crippen LogP contribution in [0.4, 0.5) is 0 Å². The van der Waals surface area contributed by atoms with Crippen LogP contribution in [0.25, 0.3) is 0 Å². The standard InChI is InChI=1S/C14H28O3Si/c1-7-11-13(5)14(6)17-18(12-8-2,15-9-3)16-10-4/h7,11,14H,1,8-10,12H2,2-6H3. The fraction of sp³-hybridized carbons (Fsp3) is 0.714. The first-order valence-corrected chi connectivity index (χ1v) is 8.73. The van der Waals surface area contributed by atoms with E-state index in [1.54, 1.807) is 6.08 Å². The molecular weight excluding hydrogens is 244 g/mol. The molecule has 1 atom stereocenters. The molecule has 3 nitrogen and oxygen atoms in total. The highest BCUT2D eigenvalue weighted by atomic mass is 28.4. The first kappa shape index (κ1) is 17.6. The van der Waals surface area contributed by atoms with Crippen LogP contribution in [-0.2, 0) is 13.3 Å². The topological polar surface area (TPSA) is 27.7 Å². The van der Waals surface area contributed by atoms with Crippen LogP contribution in [0.3, 0.4) is 0 Å². The molecular formula is C14H28O3Si. The molecule has 0 heterocycles. The van der Waals surface area contributed by atoms with E-state index in [1.807, 2.05) is 33.8 Å². The third-order valence-corrected chi connectivity index (χ3v) is 5.95. The van der Waals surface area contributed by atoms with Crippen molar-refractivity contribution in [2.45, 2.75) is 53.2 Å². The minimum Gasteiger partial charge on any atom is -0.374 e. The molecule has 0 saturated heterocycles. The molecule has 0 aliphatic heterocycles. The summed E-state index contributed by atoms with van der Waals surface area (Å²) in [6.07, 6.45) is 4.75. The quantitative estimate of drug-likeness (QED) is 0.445. The summed E-state index contributed by atoms with van der Waals surface area (Å²) in [6.45, 7) is 15.1. The van der Waals surface area contributed by atoms with Gasteiger partial charge >= 0.3 is 8.80 Å². The second-order valence-electron chi connectivity index (χ2n) is 4.21. The molecule has 0 aromatic carbocycles. The van der Waals surface area contributed by atoms with Crippen LogP contribution >= 0.6 is 0 Å². The van der Waals surface area contributed by atoms with Gasteiger partial charge in [0, 0.05) is 19.3 Å². The normalized spacial score (nSPS) is 14.6. The summed E-state index contributed by atoms with van der Waals surface area (Å²) in [6, 6.07) is 0.861. The molecule has 106 valence electrons. The summed E-state index contributed by atoms with van der Waals surface area (Å²) in [5.74, 6) is 0. The summed E-state index contributed by atoms with van der Waals surface area (Å²) in [4.78, 5) is 0. The van der Waals surface area contributed by atoms with Gasteiger partial charge < -0.3 is 13.3 Å². The van der Waals surface area contributed by atoms with E-state index in [0.29, 0.717) is 13.2 Å². The lowest BCUT2D eigenvalue weighted by Crippen LogP contribution is -2.48. The highest BCUT2D eigenvalue weighted by molar-refractivity contribution is 6.60. The molecule has 1 unspecified atom stereocenters. The average molecular weight is 272 g/mol. The van der Waals surface area contributed by atoms with Gasteiger partial charge in [-0.05, 0) is 33.3 Å². The lowest BCUT2D eigenvalue weighted by Gasteiger charge is -2.31. The Hall–Kier alpha value is -0.423. The van der Waals surface area contributed by atoms with Crippen molar-refractivity contribution < 1.29 is 13.3 Å². The highest BCUT2D eigenvalue weighted by Crippen LogP contribution is 2.22. The number of allylic oxidation sites excluding steroid dienone is 2. The minimum absolute atomic E-state index is 0.000633. The van der Waals surface area contributed by atoms with Crippen LogP contribution in [0.1, 0.15) is 41.0 Å². The second kappa shape index (κ2) is 9.50. The summed E-state index contributed by atoms with van der Waals surface area (Å²) >= 11 is 0. The van der Waals surface area contributed by atoms with Crippen molar-refractivity contribution in [3.63, 3.8) is 0 Å². The Balaban J connectivity index is 4.83. The Bertz CT molecular complexity index is 247. The van der Waals surface area contributed by atoms with E-state index in [4.69, 9.17) is 13.3 Å². The molecule has 0 radical (unpaired) electrons. The van der Waals surface area contributed by atoms with Gasteiger partial charge in [0.05, 0.1) is 6.10 Å². The van der Waals surface area contributed by atoms with Gasteiger partial charge in [-0.2, -0.15) is 0 Å². The van der Waals surface area contributed by atoms with E-state index in [9.17, 15) is 0 Å². The Morgan fingerprint density at radius 1 is 1.22 bits per heavy atom. The molecule has 0 aromatic heterocycles. The molecule has 18 heavy (non-hydrogen) atoms. The third kappa shape index (κ3) is 5.95. The van der Waals surface area contributed by atoms with Gasteiger partial charge in [-0.15, -0.1) is 0 Å². The van der Waals surface area contributed by atoms with Crippen molar-refractivity contribution >= 4 is 8.80 Å². The van der Waals surface area contributed by atoms with Crippen molar-refractivity contribution in [1.82, 2.24) is 0 Å². The lowest BCUT2D eigenvalue weighted by atomic mass is 10.2. The maximum atomic E-state index is 6.15. The zero-order valence-corrected chi connectivity index (χ0v) is 13.5. The summed E-state index contributed by atoms with van der Waals surface area (Å²) in [5.41, 5.74) is 1.14. The van der Waals surface area contributed by atoms with Crippen LogP contribution < -0.4 is 0 Å². The van der Waals surface area contributed by atoms with Crippen LogP contribution in [0.5, 0.6) is 0 Å². The third-order valence-electron chi connectivity index (χ3n) is 2.66. The molecule has 0 N–H and O–H groups in total. The summed E-state index contributed by atoms with van der Waals surface area (Å²) < 4.78 is 17.9. The largest absolute Gasteiger partial charge is 0.501 e. The minimum atomic E-state index is -2.53. The van der Waals surface area contributed by atoms with Crippen LogP contribution in [-0.4, -0.2) is 28.1 Å². The number of hydrogen-bond acceptors (Lipinski definition) is 3. The Labute approximate surface area is 113 Å². The van der Waals surface area contributed by atoms with Gasteiger partial charge in [-0.3, -0.25) is 0 Å². The predicted octanol–water partition coefficient (Wildman–Crippen LogP) is 3.95. The van der Waals surface area contributed by atoms with Crippen LogP contribution in [0.15, 0.2) is 24.3 Å². The van der Waals surface area contributed by atoms with Crippen molar-refractivity contribution in [1.29, 1.82) is 0 Å². The second-order valence-corrected chi connectivity index (χ2v) is 6.88. The molecule has 0 aromatic rings. The van der Waals surface area contributed by atoms with E-state index in [1.165, 1.54) is 0 Å². The van der Waals surface area contributed by atoms with E-state index >= 15 is 0 Å². The number of hydrogen-bond donors (Lipinski definition) is 0. The molecule has 0 rings (SSSR count). The molecule has 0 saturated carbocycles. The predicted molar refractivity (Wildman–Crippen MR) is 78.6 cm³/mol. The van der Waals surface area contributed by atoms with E-state index in [2.05, 4.69) is 13.5 Å². The number of rotatable bonds is 10. The van der Waals surface area contributed by atoms with Gasteiger partial charge in [-0.25, -0.2) is 0 Å². The monoisotopic (exact) mass is 272 g/mol. The fourth-order valence-electron chi connectivity index (χ4n) is 1.74. The lowest BCUT2D eigenvalue weighted by molar-refractivity contribution is 0.0490. The molecule has 4 heteroatoms. The SMILES string of the molecule is C=CC=C(C)C(C)O[Si](CCC)(OCC)OCC. The van der Waals surface area contributed by atoms with Crippen molar-refractivity contribution in [3.05, 3.63) is 24.3 Å². The molecule has 0 amide bonds. The molecule has 0 aliphatic rings. The van der Waals surface area contributed by atoms with Gasteiger partial charge in [0.25, 0.3) is 0 Å².